The van der Waals surface area contributed by atoms with Crippen LogP contribution in [0.1, 0.15) is 38.1 Å². The Morgan fingerprint density at radius 2 is 1.92 bits per heavy atom. The van der Waals surface area contributed by atoms with Gasteiger partial charge in [0.25, 0.3) is 0 Å². The van der Waals surface area contributed by atoms with E-state index in [4.69, 9.17) is 0 Å². The van der Waals surface area contributed by atoms with Crippen molar-refractivity contribution in [3.8, 4) is 0 Å². The van der Waals surface area contributed by atoms with E-state index in [2.05, 4.69) is 22.1 Å². The molecule has 1 saturated carbocycles. The number of nitrogens with zero attached hydrogens (tertiary/aromatic N) is 1. The lowest BCUT2D eigenvalue weighted by atomic mass is 9.95. The molecule has 0 aromatic carbocycles. The molecule has 2 nitrogen and oxygen atoms in total. The quantitative estimate of drug-likeness (QED) is 0.586. The van der Waals surface area contributed by atoms with Gasteiger partial charge in [0.15, 0.2) is 0 Å². The van der Waals surface area contributed by atoms with Gasteiger partial charge in [-0.2, -0.15) is 0 Å². The SMILES string of the molecule is [Br-].c1c[n+](C2CCCCC2)c[nH]1. The summed E-state index contributed by atoms with van der Waals surface area (Å²) in [5, 5.41) is 0. The molecule has 1 fully saturated rings. The van der Waals surface area contributed by atoms with Crippen LogP contribution < -0.4 is 21.5 Å². The van der Waals surface area contributed by atoms with E-state index in [9.17, 15) is 0 Å². The number of aromatic nitrogens is 2. The summed E-state index contributed by atoms with van der Waals surface area (Å²) >= 11 is 0. The summed E-state index contributed by atoms with van der Waals surface area (Å²) in [6.07, 6.45) is 13.2. The van der Waals surface area contributed by atoms with Crippen LogP contribution in [-0.4, -0.2) is 4.98 Å². The molecule has 68 valence electrons. The molecule has 1 aromatic heterocycles. The van der Waals surface area contributed by atoms with Crippen LogP contribution in [0, 0.1) is 0 Å². The molecule has 0 unspecified atom stereocenters. The first-order valence-corrected chi connectivity index (χ1v) is 4.50. The predicted octanol–water partition coefficient (Wildman–Crippen LogP) is -1.19. The summed E-state index contributed by atoms with van der Waals surface area (Å²) < 4.78 is 2.30. The third-order valence-corrected chi connectivity index (χ3v) is 2.56. The molecule has 1 heterocycles. The smallest absolute Gasteiger partial charge is 0.241 e. The number of hydrogen-bond donors (Lipinski definition) is 1. The minimum absolute atomic E-state index is 0. The molecule has 1 N–H and O–H groups in total. The Morgan fingerprint density at radius 3 is 2.50 bits per heavy atom. The fourth-order valence-electron chi connectivity index (χ4n) is 1.91. The number of nitrogens with one attached hydrogen (secondary N) is 1. The molecule has 1 aromatic rings. The van der Waals surface area contributed by atoms with Gasteiger partial charge in [0.1, 0.15) is 18.4 Å². The van der Waals surface area contributed by atoms with Gasteiger partial charge >= 0.3 is 0 Å². The fourth-order valence-corrected chi connectivity index (χ4v) is 1.91. The highest BCUT2D eigenvalue weighted by molar-refractivity contribution is 4.64. The topological polar surface area (TPSA) is 19.7 Å². The van der Waals surface area contributed by atoms with Crippen LogP contribution in [0.3, 0.4) is 0 Å². The van der Waals surface area contributed by atoms with Gasteiger partial charge in [-0.15, -0.1) is 0 Å². The minimum Gasteiger partial charge on any atom is -1.00 e. The Morgan fingerprint density at radius 1 is 1.17 bits per heavy atom. The van der Waals surface area contributed by atoms with E-state index in [1.54, 1.807) is 0 Å². The first-order chi connectivity index (χ1) is 5.47. The molecule has 2 rings (SSSR count). The van der Waals surface area contributed by atoms with E-state index in [1.165, 1.54) is 32.1 Å². The molecule has 0 amide bonds. The van der Waals surface area contributed by atoms with Gasteiger partial charge in [0.2, 0.25) is 6.33 Å². The van der Waals surface area contributed by atoms with Crippen molar-refractivity contribution >= 4 is 0 Å². The van der Waals surface area contributed by atoms with Crippen LogP contribution in [0.2, 0.25) is 0 Å². The molecular weight excluding hydrogens is 216 g/mol. The highest BCUT2D eigenvalue weighted by atomic mass is 79.9. The number of rotatable bonds is 1. The highest BCUT2D eigenvalue weighted by Crippen LogP contribution is 2.22. The third kappa shape index (κ3) is 2.09. The normalized spacial score (nSPS) is 18.7. The van der Waals surface area contributed by atoms with Gasteiger partial charge in [0, 0.05) is 0 Å². The van der Waals surface area contributed by atoms with Crippen LogP contribution in [0.4, 0.5) is 0 Å². The zero-order chi connectivity index (χ0) is 7.52. The molecule has 1 aliphatic carbocycles. The Balaban J connectivity index is 0.000000720. The minimum atomic E-state index is 0. The van der Waals surface area contributed by atoms with Crippen LogP contribution in [0.15, 0.2) is 18.7 Å². The molecule has 1 aliphatic rings. The number of halogens is 1. The van der Waals surface area contributed by atoms with Crippen LogP contribution in [-0.2, 0) is 0 Å². The molecule has 12 heavy (non-hydrogen) atoms. The van der Waals surface area contributed by atoms with Crippen molar-refractivity contribution in [2.24, 2.45) is 0 Å². The van der Waals surface area contributed by atoms with Crippen molar-refractivity contribution in [1.29, 1.82) is 0 Å². The average Bonchev–Trinajstić information content (AvgIpc) is 2.58. The second-order valence-electron chi connectivity index (χ2n) is 3.35. The van der Waals surface area contributed by atoms with E-state index in [-0.39, 0.29) is 17.0 Å². The summed E-state index contributed by atoms with van der Waals surface area (Å²) in [7, 11) is 0. The Labute approximate surface area is 83.8 Å². The lowest BCUT2D eigenvalue weighted by Crippen LogP contribution is -3.00. The van der Waals surface area contributed by atoms with Gasteiger partial charge in [-0.3, -0.25) is 4.98 Å². The third-order valence-electron chi connectivity index (χ3n) is 2.56. The molecule has 0 radical (unpaired) electrons. The first-order valence-electron chi connectivity index (χ1n) is 4.50. The molecule has 0 bridgehead atoms. The van der Waals surface area contributed by atoms with Crippen molar-refractivity contribution in [2.75, 3.05) is 0 Å². The zero-order valence-corrected chi connectivity index (χ0v) is 8.76. The van der Waals surface area contributed by atoms with E-state index in [1.807, 2.05) is 6.20 Å². The predicted molar refractivity (Wildman–Crippen MR) is 43.1 cm³/mol. The summed E-state index contributed by atoms with van der Waals surface area (Å²) in [4.78, 5) is 3.09. The van der Waals surface area contributed by atoms with Crippen molar-refractivity contribution in [1.82, 2.24) is 4.98 Å². The van der Waals surface area contributed by atoms with Gasteiger partial charge in [-0.1, -0.05) is 6.42 Å². The number of aromatic amines is 1. The fraction of sp³-hybridized carbons (Fsp3) is 0.667. The largest absolute Gasteiger partial charge is 1.00 e. The van der Waals surface area contributed by atoms with Gasteiger partial charge in [-0.05, 0) is 25.7 Å². The summed E-state index contributed by atoms with van der Waals surface area (Å²) in [6.45, 7) is 0. The van der Waals surface area contributed by atoms with E-state index in [0.29, 0.717) is 0 Å². The lowest BCUT2D eigenvalue weighted by molar-refractivity contribution is -0.724. The van der Waals surface area contributed by atoms with Crippen LogP contribution in [0.25, 0.3) is 0 Å². The first kappa shape index (κ1) is 9.78. The van der Waals surface area contributed by atoms with Crippen LogP contribution in [0.5, 0.6) is 0 Å². The second kappa shape index (κ2) is 4.65. The van der Waals surface area contributed by atoms with Crippen molar-refractivity contribution in [2.45, 2.75) is 38.1 Å². The number of imidazole rings is 1. The number of hydrogen-bond acceptors (Lipinski definition) is 0. The zero-order valence-electron chi connectivity index (χ0n) is 7.17. The molecule has 0 aliphatic heterocycles. The van der Waals surface area contributed by atoms with Gasteiger partial charge in [-0.25, -0.2) is 4.57 Å². The molecule has 0 saturated heterocycles. The van der Waals surface area contributed by atoms with Gasteiger partial charge < -0.3 is 17.0 Å². The van der Waals surface area contributed by atoms with Gasteiger partial charge in [0.05, 0.1) is 0 Å². The summed E-state index contributed by atoms with van der Waals surface area (Å²) in [5.74, 6) is 0. The highest BCUT2D eigenvalue weighted by Gasteiger charge is 2.17. The maximum Gasteiger partial charge on any atom is 0.241 e. The number of H-pyrrole nitrogens is 1. The maximum absolute atomic E-state index is 3.09. The van der Waals surface area contributed by atoms with Crippen molar-refractivity contribution < 1.29 is 21.5 Å². The van der Waals surface area contributed by atoms with Crippen LogP contribution >= 0.6 is 0 Å². The maximum atomic E-state index is 3.09. The Kier molecular flexibility index (Phi) is 3.79. The van der Waals surface area contributed by atoms with E-state index in [0.717, 1.165) is 6.04 Å². The molecule has 0 atom stereocenters. The van der Waals surface area contributed by atoms with E-state index < -0.39 is 0 Å². The molecule has 3 heteroatoms. The Hall–Kier alpha value is -0.310. The van der Waals surface area contributed by atoms with Crippen molar-refractivity contribution in [3.63, 3.8) is 0 Å². The average molecular weight is 231 g/mol. The Bertz CT molecular complexity index is 202. The molecule has 0 spiro atoms. The van der Waals surface area contributed by atoms with Crippen molar-refractivity contribution in [3.05, 3.63) is 18.7 Å². The molecular formula is C9H15BrN2. The monoisotopic (exact) mass is 230 g/mol. The summed E-state index contributed by atoms with van der Waals surface area (Å²) in [6, 6.07) is 0.773. The van der Waals surface area contributed by atoms with E-state index >= 15 is 0 Å². The summed E-state index contributed by atoms with van der Waals surface area (Å²) in [5.41, 5.74) is 0. The second-order valence-corrected chi connectivity index (χ2v) is 3.35. The standard InChI is InChI=1S/C9H14N2.BrH/c1-2-4-9(5-3-1)11-7-6-10-8-11;/h6-9H,1-5H2;1H. The lowest BCUT2D eigenvalue weighted by Gasteiger charge is -2.17.